The molecular formula is C20H20F2N2O3. The second kappa shape index (κ2) is 7.73. The van der Waals surface area contributed by atoms with Gasteiger partial charge in [-0.15, -0.1) is 0 Å². The zero-order chi connectivity index (χ0) is 19.6. The molecule has 0 radical (unpaired) electrons. The maximum atomic E-state index is 12.4. The number of fused-ring (bicyclic) bond motifs is 1. The summed E-state index contributed by atoms with van der Waals surface area (Å²) in [4.78, 5) is 24.6. The van der Waals surface area contributed by atoms with Crippen molar-refractivity contribution in [3.63, 3.8) is 0 Å². The number of nitrogens with one attached hydrogen (secondary N) is 2. The molecule has 142 valence electrons. The zero-order valence-corrected chi connectivity index (χ0v) is 15.0. The molecule has 3 rings (SSSR count). The average Bonchev–Trinajstić information content (AvgIpc) is 3.00. The number of hydrogen-bond donors (Lipinski definition) is 2. The van der Waals surface area contributed by atoms with Gasteiger partial charge in [0.25, 0.3) is 18.2 Å². The Kier molecular flexibility index (Phi) is 5.39. The van der Waals surface area contributed by atoms with E-state index in [0.717, 1.165) is 5.56 Å². The minimum Gasteiger partial charge on any atom is -0.489 e. The molecular weight excluding hydrogens is 354 g/mol. The van der Waals surface area contributed by atoms with Crippen molar-refractivity contribution in [3.8, 4) is 5.75 Å². The minimum absolute atomic E-state index is 0.145. The highest BCUT2D eigenvalue weighted by Gasteiger charge is 2.36. The molecule has 1 heterocycles. The van der Waals surface area contributed by atoms with Gasteiger partial charge in [-0.2, -0.15) is 0 Å². The largest absolute Gasteiger partial charge is 0.489 e. The van der Waals surface area contributed by atoms with E-state index in [1.54, 1.807) is 6.07 Å². The maximum absolute atomic E-state index is 12.4. The van der Waals surface area contributed by atoms with E-state index in [4.69, 9.17) is 4.74 Å². The van der Waals surface area contributed by atoms with Crippen LogP contribution in [0, 0.1) is 0 Å². The van der Waals surface area contributed by atoms with E-state index in [0.29, 0.717) is 11.3 Å². The second-order valence-electron chi connectivity index (χ2n) is 6.33. The molecule has 0 fully saturated rings. The van der Waals surface area contributed by atoms with Crippen molar-refractivity contribution in [3.05, 3.63) is 64.7 Å². The van der Waals surface area contributed by atoms with Crippen LogP contribution in [0.5, 0.6) is 5.75 Å². The van der Waals surface area contributed by atoms with Gasteiger partial charge in [0.1, 0.15) is 11.9 Å². The fraction of sp³-hybridized carbons (Fsp3) is 0.300. The molecule has 7 heteroatoms. The fourth-order valence-electron chi connectivity index (χ4n) is 3.34. The smallest absolute Gasteiger partial charge is 0.255 e. The summed E-state index contributed by atoms with van der Waals surface area (Å²) in [5, 5.41) is 4.70. The van der Waals surface area contributed by atoms with Gasteiger partial charge in [0.2, 0.25) is 0 Å². The predicted octanol–water partition coefficient (Wildman–Crippen LogP) is 2.95. The number of carbonyl (C=O) groups is 2. The Morgan fingerprint density at radius 2 is 1.85 bits per heavy atom. The number of carbonyl (C=O) groups excluding carboxylic acids is 2. The fourth-order valence-corrected chi connectivity index (χ4v) is 3.34. The number of benzene rings is 2. The molecule has 0 unspecified atom stereocenters. The molecule has 0 saturated carbocycles. The Hall–Kier alpha value is -2.96. The summed E-state index contributed by atoms with van der Waals surface area (Å²) < 4.78 is 30.8. The van der Waals surface area contributed by atoms with Gasteiger partial charge in [-0.05, 0) is 24.6 Å². The van der Waals surface area contributed by atoms with E-state index in [9.17, 15) is 18.4 Å². The Morgan fingerprint density at radius 1 is 1.15 bits per heavy atom. The molecule has 2 atom stereocenters. The van der Waals surface area contributed by atoms with Crippen molar-refractivity contribution >= 4 is 11.8 Å². The van der Waals surface area contributed by atoms with Gasteiger partial charge in [-0.3, -0.25) is 9.59 Å². The van der Waals surface area contributed by atoms with Crippen molar-refractivity contribution < 1.29 is 23.1 Å². The number of ether oxygens (including phenoxy) is 1. The number of hydrogen-bond acceptors (Lipinski definition) is 3. The van der Waals surface area contributed by atoms with E-state index in [2.05, 4.69) is 10.6 Å². The topological polar surface area (TPSA) is 67.4 Å². The molecule has 0 bridgehead atoms. The normalized spacial score (nSPS) is 18.0. The van der Waals surface area contributed by atoms with Gasteiger partial charge < -0.3 is 15.4 Å². The molecule has 2 amide bonds. The van der Waals surface area contributed by atoms with E-state index in [-0.39, 0.29) is 23.1 Å². The molecule has 5 nitrogen and oxygen atoms in total. The third-order valence-corrected chi connectivity index (χ3v) is 4.54. The summed E-state index contributed by atoms with van der Waals surface area (Å²) in [6.45, 7) is 1.14. The molecule has 0 saturated heterocycles. The van der Waals surface area contributed by atoms with Gasteiger partial charge in [-0.1, -0.05) is 30.3 Å². The van der Waals surface area contributed by atoms with Crippen molar-refractivity contribution in [2.75, 3.05) is 13.6 Å². The lowest BCUT2D eigenvalue weighted by atomic mass is 9.87. The second-order valence-corrected chi connectivity index (χ2v) is 6.33. The predicted molar refractivity (Wildman–Crippen MR) is 96.5 cm³/mol. The van der Waals surface area contributed by atoms with Crippen molar-refractivity contribution in [1.29, 1.82) is 0 Å². The van der Waals surface area contributed by atoms with Crippen LogP contribution < -0.4 is 15.4 Å². The van der Waals surface area contributed by atoms with Gasteiger partial charge in [-0.25, -0.2) is 8.78 Å². The van der Waals surface area contributed by atoms with Crippen LogP contribution in [-0.2, 0) is 0 Å². The molecule has 2 N–H and O–H groups in total. The highest BCUT2D eigenvalue weighted by Crippen LogP contribution is 2.44. The van der Waals surface area contributed by atoms with Crippen molar-refractivity contribution in [2.24, 2.45) is 0 Å². The molecule has 1 aliphatic heterocycles. The molecule has 1 aliphatic rings. The van der Waals surface area contributed by atoms with Crippen LogP contribution >= 0.6 is 0 Å². The van der Waals surface area contributed by atoms with Crippen LogP contribution in [0.15, 0.2) is 42.5 Å². The third-order valence-electron chi connectivity index (χ3n) is 4.54. The molecule has 27 heavy (non-hydrogen) atoms. The first-order chi connectivity index (χ1) is 12.9. The summed E-state index contributed by atoms with van der Waals surface area (Å²) in [7, 11) is 1.48. The van der Waals surface area contributed by atoms with Gasteiger partial charge in [0.15, 0.2) is 0 Å². The Labute approximate surface area is 155 Å². The first kappa shape index (κ1) is 18.8. The Bertz CT molecular complexity index is 856. The van der Waals surface area contributed by atoms with E-state index >= 15 is 0 Å². The molecule has 0 aromatic heterocycles. The lowest BCUT2D eigenvalue weighted by Gasteiger charge is -2.15. The Morgan fingerprint density at radius 3 is 2.48 bits per heavy atom. The first-order valence-corrected chi connectivity index (χ1v) is 8.60. The summed E-state index contributed by atoms with van der Waals surface area (Å²) in [6.07, 6.45) is -2.90. The molecule has 2 aromatic carbocycles. The minimum atomic E-state index is -2.65. The molecule has 2 aromatic rings. The number of amides is 2. The quantitative estimate of drug-likeness (QED) is 0.846. The van der Waals surface area contributed by atoms with Crippen LogP contribution in [0.2, 0.25) is 0 Å². The Balaban J connectivity index is 2.08. The standard InChI is InChI=1S/C20H20F2N2O3/c1-11-17(12-6-4-3-5-7-12)14-8-13(19(25)24-10-16(21)22)9-15(18(14)27-11)20(26)23-2/h3-9,11,16-17H,10H2,1-2H3,(H,23,26)(H,24,25)/t11-,17+/m1/s1. The molecule has 0 spiro atoms. The summed E-state index contributed by atoms with van der Waals surface area (Å²) in [6, 6.07) is 12.6. The van der Waals surface area contributed by atoms with Crippen LogP contribution in [-0.4, -0.2) is 37.9 Å². The van der Waals surface area contributed by atoms with E-state index < -0.39 is 24.8 Å². The number of alkyl halides is 2. The van der Waals surface area contributed by atoms with Crippen molar-refractivity contribution in [2.45, 2.75) is 25.4 Å². The summed E-state index contributed by atoms with van der Waals surface area (Å²) >= 11 is 0. The summed E-state index contributed by atoms with van der Waals surface area (Å²) in [5.41, 5.74) is 2.03. The first-order valence-electron chi connectivity index (χ1n) is 8.60. The third kappa shape index (κ3) is 3.77. The van der Waals surface area contributed by atoms with Crippen LogP contribution in [0.25, 0.3) is 0 Å². The molecule has 0 aliphatic carbocycles. The van der Waals surface area contributed by atoms with E-state index in [1.807, 2.05) is 37.3 Å². The van der Waals surface area contributed by atoms with Crippen LogP contribution in [0.4, 0.5) is 8.78 Å². The average molecular weight is 374 g/mol. The van der Waals surface area contributed by atoms with Crippen LogP contribution in [0.3, 0.4) is 0 Å². The highest BCUT2D eigenvalue weighted by atomic mass is 19.3. The lowest BCUT2D eigenvalue weighted by Crippen LogP contribution is -2.29. The lowest BCUT2D eigenvalue weighted by molar-refractivity contribution is 0.0891. The van der Waals surface area contributed by atoms with Gasteiger partial charge in [0, 0.05) is 24.1 Å². The van der Waals surface area contributed by atoms with Gasteiger partial charge in [0.05, 0.1) is 12.1 Å². The monoisotopic (exact) mass is 374 g/mol. The zero-order valence-electron chi connectivity index (χ0n) is 15.0. The maximum Gasteiger partial charge on any atom is 0.255 e. The SMILES string of the molecule is CNC(=O)c1cc(C(=O)NCC(F)F)cc2c1O[C@H](C)[C@H]2c1ccccc1. The van der Waals surface area contributed by atoms with Gasteiger partial charge >= 0.3 is 0 Å². The van der Waals surface area contributed by atoms with Crippen LogP contribution in [0.1, 0.15) is 44.7 Å². The number of rotatable bonds is 5. The van der Waals surface area contributed by atoms with E-state index in [1.165, 1.54) is 13.1 Å². The number of halogens is 2. The summed E-state index contributed by atoms with van der Waals surface area (Å²) in [5.74, 6) is -0.821. The van der Waals surface area contributed by atoms with Crippen molar-refractivity contribution in [1.82, 2.24) is 10.6 Å². The highest BCUT2D eigenvalue weighted by molar-refractivity contribution is 6.02.